The van der Waals surface area contributed by atoms with Crippen LogP contribution in [0.2, 0.25) is 0 Å². The van der Waals surface area contributed by atoms with Gasteiger partial charge < -0.3 is 24.7 Å². The van der Waals surface area contributed by atoms with Crippen LogP contribution in [0.3, 0.4) is 0 Å². The Morgan fingerprint density at radius 1 is 0.880 bits per heavy atom. The number of hydrogen-bond donors (Lipinski definition) is 1. The van der Waals surface area contributed by atoms with Crippen LogP contribution in [-0.4, -0.2) is 56.9 Å². The van der Waals surface area contributed by atoms with Gasteiger partial charge >= 0.3 is 17.9 Å². The molecular weight excluding hydrogens is 706 g/mol. The molecule has 6 rings (SSSR count). The van der Waals surface area contributed by atoms with E-state index >= 15 is 0 Å². The standard InChI is InChI=1S/C37H32BrN5O7/c1-20-5-11-23(12-6-20)33(44)47-18-27-29(49-34(45)24-13-7-21(2)8-14-24)37(4,50-35(46)25-15-9-22(3)10-16-25)36(48-27)43-30(38)26(17-39)28-31(40)41-19-42-32(28)43/h5-16,19,27,29,36H,18H2,1-4H3,(H2,40,41,42)/t27-,29-,36-,37-/m1/s1. The number of nitrogen functional groups attached to an aromatic ring is 1. The quantitative estimate of drug-likeness (QED) is 0.143. The van der Waals surface area contributed by atoms with E-state index < -0.39 is 48.6 Å². The first-order valence-corrected chi connectivity index (χ1v) is 16.4. The molecule has 1 aliphatic rings. The maximum Gasteiger partial charge on any atom is 0.338 e. The van der Waals surface area contributed by atoms with Crippen LogP contribution < -0.4 is 5.73 Å². The molecule has 0 spiro atoms. The van der Waals surface area contributed by atoms with Crippen LogP contribution in [0.25, 0.3) is 11.0 Å². The van der Waals surface area contributed by atoms with Gasteiger partial charge in [0.2, 0.25) is 0 Å². The van der Waals surface area contributed by atoms with Crippen molar-refractivity contribution in [2.75, 3.05) is 12.3 Å². The van der Waals surface area contributed by atoms with Crippen molar-refractivity contribution >= 4 is 50.7 Å². The first-order chi connectivity index (χ1) is 23.9. The van der Waals surface area contributed by atoms with Gasteiger partial charge in [-0.3, -0.25) is 4.57 Å². The Labute approximate surface area is 295 Å². The Morgan fingerprint density at radius 2 is 1.40 bits per heavy atom. The molecule has 3 heterocycles. The highest BCUT2D eigenvalue weighted by Gasteiger charge is 2.61. The number of carbonyl (C=O) groups excluding carboxylic acids is 3. The number of carbonyl (C=O) groups is 3. The zero-order chi connectivity index (χ0) is 35.7. The average Bonchev–Trinajstić information content (AvgIpc) is 3.53. The molecule has 0 unspecified atom stereocenters. The summed E-state index contributed by atoms with van der Waals surface area (Å²) in [6.07, 6.45) is -2.60. The van der Waals surface area contributed by atoms with E-state index in [4.69, 9.17) is 24.7 Å². The minimum Gasteiger partial charge on any atom is -0.459 e. The number of halogens is 1. The number of nitrogens with zero attached hydrogens (tertiary/aromatic N) is 4. The highest BCUT2D eigenvalue weighted by Crippen LogP contribution is 2.48. The fourth-order valence-corrected chi connectivity index (χ4v) is 6.46. The number of nitriles is 1. The molecule has 4 atom stereocenters. The second kappa shape index (κ2) is 13.7. The smallest absolute Gasteiger partial charge is 0.338 e. The summed E-state index contributed by atoms with van der Waals surface area (Å²) >= 11 is 3.51. The van der Waals surface area contributed by atoms with E-state index in [0.717, 1.165) is 16.7 Å². The van der Waals surface area contributed by atoms with Crippen molar-refractivity contribution in [2.24, 2.45) is 0 Å². The number of rotatable bonds is 8. The number of esters is 3. The van der Waals surface area contributed by atoms with Gasteiger partial charge in [0, 0.05) is 0 Å². The highest BCUT2D eigenvalue weighted by atomic mass is 79.9. The van der Waals surface area contributed by atoms with E-state index in [1.807, 2.05) is 20.8 Å². The van der Waals surface area contributed by atoms with Crippen molar-refractivity contribution in [1.82, 2.24) is 14.5 Å². The van der Waals surface area contributed by atoms with Crippen molar-refractivity contribution < 1.29 is 33.3 Å². The summed E-state index contributed by atoms with van der Waals surface area (Å²) in [4.78, 5) is 49.2. The Balaban J connectivity index is 1.47. The van der Waals surface area contributed by atoms with Gasteiger partial charge in [0.1, 0.15) is 41.2 Å². The summed E-state index contributed by atoms with van der Waals surface area (Å²) in [5, 5.41) is 10.4. The second-order valence-electron chi connectivity index (χ2n) is 12.2. The third-order valence-electron chi connectivity index (χ3n) is 8.58. The first-order valence-electron chi connectivity index (χ1n) is 15.6. The molecule has 254 valence electrons. The van der Waals surface area contributed by atoms with E-state index in [9.17, 15) is 19.6 Å². The minimum absolute atomic E-state index is 0.0354. The van der Waals surface area contributed by atoms with Gasteiger partial charge in [-0.25, -0.2) is 24.4 Å². The van der Waals surface area contributed by atoms with E-state index in [-0.39, 0.29) is 38.1 Å². The summed E-state index contributed by atoms with van der Waals surface area (Å²) in [5.41, 5.74) is 8.27. The number of benzene rings is 3. The molecule has 1 saturated heterocycles. The SMILES string of the molecule is Cc1ccc(C(=O)OC[C@H]2O[C@@H](n3c(Br)c(C#N)c4c(N)ncnc43)[C@](C)(OC(=O)c3ccc(C)cc3)[C@@H]2OC(=O)c2ccc(C)cc2)cc1. The normalized spacial score (nSPS) is 19.9. The summed E-state index contributed by atoms with van der Waals surface area (Å²) in [7, 11) is 0. The minimum atomic E-state index is -1.82. The van der Waals surface area contributed by atoms with Crippen molar-refractivity contribution in [3.63, 3.8) is 0 Å². The number of anilines is 1. The predicted molar refractivity (Wildman–Crippen MR) is 185 cm³/mol. The van der Waals surface area contributed by atoms with Gasteiger partial charge in [-0.2, -0.15) is 5.26 Å². The molecule has 1 aliphatic heterocycles. The lowest BCUT2D eigenvalue weighted by molar-refractivity contribution is -0.109. The van der Waals surface area contributed by atoms with E-state index in [1.54, 1.807) is 79.7 Å². The number of aromatic nitrogens is 3. The number of ether oxygens (including phenoxy) is 4. The molecule has 0 radical (unpaired) electrons. The van der Waals surface area contributed by atoms with Crippen LogP contribution in [-0.2, 0) is 18.9 Å². The van der Waals surface area contributed by atoms with Crippen molar-refractivity contribution in [1.29, 1.82) is 5.26 Å². The zero-order valence-electron chi connectivity index (χ0n) is 27.5. The lowest BCUT2D eigenvalue weighted by atomic mass is 9.95. The van der Waals surface area contributed by atoms with Crippen molar-refractivity contribution in [2.45, 2.75) is 51.7 Å². The molecule has 0 bridgehead atoms. The molecule has 2 aromatic heterocycles. The molecule has 0 aliphatic carbocycles. The van der Waals surface area contributed by atoms with Gasteiger partial charge in [-0.1, -0.05) is 53.1 Å². The predicted octanol–water partition coefficient (Wildman–Crippen LogP) is 6.17. The van der Waals surface area contributed by atoms with Gasteiger partial charge in [0.05, 0.1) is 27.6 Å². The Bertz CT molecular complexity index is 2140. The molecule has 0 saturated carbocycles. The van der Waals surface area contributed by atoms with Crippen LogP contribution in [0.1, 0.15) is 66.5 Å². The molecule has 2 N–H and O–H groups in total. The second-order valence-corrected chi connectivity index (χ2v) is 13.0. The summed E-state index contributed by atoms with van der Waals surface area (Å²) < 4.78 is 26.4. The lowest BCUT2D eigenvalue weighted by Gasteiger charge is -2.35. The number of hydrogen-bond acceptors (Lipinski definition) is 11. The fourth-order valence-electron chi connectivity index (χ4n) is 5.82. The summed E-state index contributed by atoms with van der Waals surface area (Å²) in [5.74, 6) is -2.07. The maximum atomic E-state index is 13.9. The third-order valence-corrected chi connectivity index (χ3v) is 9.36. The van der Waals surface area contributed by atoms with Crippen molar-refractivity contribution in [3.8, 4) is 6.07 Å². The zero-order valence-corrected chi connectivity index (χ0v) is 29.1. The Morgan fingerprint density at radius 3 is 1.94 bits per heavy atom. The van der Waals surface area contributed by atoms with Crippen LogP contribution in [0, 0.1) is 32.1 Å². The van der Waals surface area contributed by atoms with Gasteiger partial charge in [0.15, 0.2) is 17.9 Å². The molecular formula is C37H32BrN5O7. The Kier molecular flexibility index (Phi) is 9.42. The summed E-state index contributed by atoms with van der Waals surface area (Å²) in [6, 6.07) is 22.4. The maximum absolute atomic E-state index is 13.9. The average molecular weight is 739 g/mol. The van der Waals surface area contributed by atoms with E-state index in [0.29, 0.717) is 5.56 Å². The number of nitrogens with two attached hydrogens (primary N) is 1. The Hall–Kier alpha value is -5.58. The van der Waals surface area contributed by atoms with Crippen LogP contribution in [0.15, 0.2) is 83.7 Å². The van der Waals surface area contributed by atoms with Crippen LogP contribution in [0.4, 0.5) is 5.82 Å². The molecule has 5 aromatic rings. The van der Waals surface area contributed by atoms with Gasteiger partial charge in [0.25, 0.3) is 0 Å². The molecule has 1 fully saturated rings. The molecule has 50 heavy (non-hydrogen) atoms. The largest absolute Gasteiger partial charge is 0.459 e. The molecule has 3 aromatic carbocycles. The molecule has 12 nitrogen and oxygen atoms in total. The van der Waals surface area contributed by atoms with Crippen LogP contribution in [0.5, 0.6) is 0 Å². The fraction of sp³-hybridized carbons (Fsp3) is 0.243. The topological polar surface area (TPSA) is 169 Å². The van der Waals surface area contributed by atoms with Gasteiger partial charge in [-0.05, 0) is 80.0 Å². The highest BCUT2D eigenvalue weighted by molar-refractivity contribution is 9.10. The summed E-state index contributed by atoms with van der Waals surface area (Å²) in [6.45, 7) is 6.82. The first kappa shape index (κ1) is 34.3. The number of aryl methyl sites for hydroxylation is 3. The van der Waals surface area contributed by atoms with Crippen LogP contribution >= 0.6 is 15.9 Å². The van der Waals surface area contributed by atoms with Crippen molar-refractivity contribution in [3.05, 3.63) is 123 Å². The molecule has 13 heteroatoms. The third kappa shape index (κ3) is 6.43. The van der Waals surface area contributed by atoms with E-state index in [1.165, 1.54) is 10.9 Å². The molecule has 0 amide bonds. The lowest BCUT2D eigenvalue weighted by Crippen LogP contribution is -2.50. The number of fused-ring (bicyclic) bond motifs is 1. The van der Waals surface area contributed by atoms with E-state index in [2.05, 4.69) is 32.0 Å². The van der Waals surface area contributed by atoms with Gasteiger partial charge in [-0.15, -0.1) is 0 Å². The monoisotopic (exact) mass is 737 g/mol.